The molecule has 1 heterocycles. The van der Waals surface area contributed by atoms with Crippen molar-refractivity contribution in [2.75, 3.05) is 13.1 Å². The van der Waals surface area contributed by atoms with E-state index in [0.29, 0.717) is 5.56 Å². The maximum atomic E-state index is 12.6. The normalized spacial score (nSPS) is 16.8. The van der Waals surface area contributed by atoms with Crippen molar-refractivity contribution in [2.24, 2.45) is 0 Å². The quantitative estimate of drug-likeness (QED) is 0.505. The molecule has 3 amide bonds. The van der Waals surface area contributed by atoms with E-state index in [1.165, 1.54) is 0 Å². The number of likely N-dealkylation sites (tertiary alicyclic amines) is 1. The summed E-state index contributed by atoms with van der Waals surface area (Å²) in [5.41, 5.74) is 1.19. The van der Waals surface area contributed by atoms with Gasteiger partial charge in [0.2, 0.25) is 11.8 Å². The number of carbonyl (C=O) groups is 4. The summed E-state index contributed by atoms with van der Waals surface area (Å²) in [5, 5.41) is 5.54. The molecule has 7 heteroatoms. The van der Waals surface area contributed by atoms with Crippen LogP contribution in [-0.2, 0) is 14.4 Å². The van der Waals surface area contributed by atoms with Crippen molar-refractivity contribution >= 4 is 23.5 Å². The van der Waals surface area contributed by atoms with Crippen LogP contribution in [0.25, 0.3) is 0 Å². The summed E-state index contributed by atoms with van der Waals surface area (Å²) >= 11 is 0. The first-order valence-corrected chi connectivity index (χ1v) is 9.05. The highest BCUT2D eigenvalue weighted by Crippen LogP contribution is 2.14. The molecule has 144 valence electrons. The summed E-state index contributed by atoms with van der Waals surface area (Å²) in [5.74, 6) is -1.61. The van der Waals surface area contributed by atoms with Gasteiger partial charge in [0.25, 0.3) is 5.91 Å². The Morgan fingerprint density at radius 3 is 2.59 bits per heavy atom. The zero-order valence-corrected chi connectivity index (χ0v) is 15.5. The van der Waals surface area contributed by atoms with Gasteiger partial charge in [-0.3, -0.25) is 24.1 Å². The second kappa shape index (κ2) is 9.66. The third-order valence-electron chi connectivity index (χ3n) is 4.30. The average molecular weight is 371 g/mol. The molecule has 1 aliphatic heterocycles. The number of rotatable bonds is 9. The Hall–Kier alpha value is -2.96. The number of Topliss-reactive ketones (excluding diaryl/α,β-unsaturated/α-hetero) is 1. The number of piperidine rings is 1. The zero-order chi connectivity index (χ0) is 19.8. The lowest BCUT2D eigenvalue weighted by atomic mass is 10.0. The lowest BCUT2D eigenvalue weighted by Gasteiger charge is -2.30. The molecule has 1 fully saturated rings. The molecule has 0 aromatic heterocycles. The third-order valence-corrected chi connectivity index (χ3v) is 4.30. The van der Waals surface area contributed by atoms with Gasteiger partial charge in [-0.1, -0.05) is 50.3 Å². The van der Waals surface area contributed by atoms with Crippen LogP contribution in [0.4, 0.5) is 0 Å². The first kappa shape index (κ1) is 20.4. The van der Waals surface area contributed by atoms with Crippen molar-refractivity contribution in [3.63, 3.8) is 0 Å². The van der Waals surface area contributed by atoms with Gasteiger partial charge in [0.1, 0.15) is 6.04 Å². The van der Waals surface area contributed by atoms with E-state index in [2.05, 4.69) is 17.2 Å². The molecule has 0 spiro atoms. The highest BCUT2D eigenvalue weighted by atomic mass is 16.2. The molecule has 1 aromatic rings. The SMILES string of the molecule is C=C(CCC)NCC(=O)NC1CCC(=O)N(CC(=O)c2ccccc2)C1=O. The van der Waals surface area contributed by atoms with Crippen LogP contribution in [0, 0.1) is 0 Å². The maximum absolute atomic E-state index is 12.6. The summed E-state index contributed by atoms with van der Waals surface area (Å²) in [6, 6.07) is 7.68. The van der Waals surface area contributed by atoms with Crippen LogP contribution in [0.2, 0.25) is 0 Å². The van der Waals surface area contributed by atoms with Gasteiger partial charge in [-0.15, -0.1) is 0 Å². The van der Waals surface area contributed by atoms with Crippen LogP contribution in [0.15, 0.2) is 42.6 Å². The van der Waals surface area contributed by atoms with E-state index in [4.69, 9.17) is 0 Å². The molecular weight excluding hydrogens is 346 g/mol. The molecule has 0 radical (unpaired) electrons. The van der Waals surface area contributed by atoms with E-state index in [9.17, 15) is 19.2 Å². The third kappa shape index (κ3) is 5.77. The Morgan fingerprint density at radius 1 is 1.22 bits per heavy atom. The first-order chi connectivity index (χ1) is 12.9. The minimum absolute atomic E-state index is 0.0134. The number of carbonyl (C=O) groups excluding carboxylic acids is 4. The fraction of sp³-hybridized carbons (Fsp3) is 0.400. The van der Waals surface area contributed by atoms with Crippen LogP contribution in [0.1, 0.15) is 43.0 Å². The van der Waals surface area contributed by atoms with Crippen LogP contribution < -0.4 is 10.6 Å². The standard InChI is InChI=1S/C20H25N3O4/c1-3-7-14(2)21-12-18(25)22-16-10-11-19(26)23(20(16)27)13-17(24)15-8-5-4-6-9-15/h4-6,8-9,16,21H,2-3,7,10-13H2,1H3,(H,22,25). The molecule has 1 aliphatic rings. The lowest BCUT2D eigenvalue weighted by Crippen LogP contribution is -2.56. The van der Waals surface area contributed by atoms with Gasteiger partial charge >= 0.3 is 0 Å². The highest BCUT2D eigenvalue weighted by Gasteiger charge is 2.36. The molecule has 0 saturated carbocycles. The van der Waals surface area contributed by atoms with E-state index in [-0.39, 0.29) is 37.6 Å². The van der Waals surface area contributed by atoms with Crippen LogP contribution in [-0.4, -0.2) is 47.5 Å². The molecule has 2 rings (SSSR count). The molecule has 0 bridgehead atoms. The number of ketones is 1. The number of nitrogens with zero attached hydrogens (tertiary/aromatic N) is 1. The van der Waals surface area contributed by atoms with Crippen molar-refractivity contribution in [3.05, 3.63) is 48.2 Å². The summed E-state index contributed by atoms with van der Waals surface area (Å²) in [4.78, 5) is 50.0. The number of nitrogens with one attached hydrogen (secondary N) is 2. The Bertz CT molecular complexity index is 730. The minimum atomic E-state index is -0.806. The zero-order valence-electron chi connectivity index (χ0n) is 15.5. The summed E-state index contributed by atoms with van der Waals surface area (Å²) in [7, 11) is 0. The summed E-state index contributed by atoms with van der Waals surface area (Å²) < 4.78 is 0. The molecular formula is C20H25N3O4. The molecule has 27 heavy (non-hydrogen) atoms. The van der Waals surface area contributed by atoms with Crippen molar-refractivity contribution in [3.8, 4) is 0 Å². The first-order valence-electron chi connectivity index (χ1n) is 9.05. The van der Waals surface area contributed by atoms with Crippen molar-refractivity contribution in [1.82, 2.24) is 15.5 Å². The molecule has 1 unspecified atom stereocenters. The Kier molecular flexibility index (Phi) is 7.28. The fourth-order valence-electron chi connectivity index (χ4n) is 2.84. The molecule has 2 N–H and O–H groups in total. The number of hydrogen-bond donors (Lipinski definition) is 2. The largest absolute Gasteiger partial charge is 0.380 e. The predicted octanol–water partition coefficient (Wildman–Crippen LogP) is 1.41. The molecule has 1 saturated heterocycles. The second-order valence-corrected chi connectivity index (χ2v) is 6.47. The minimum Gasteiger partial charge on any atom is -0.380 e. The second-order valence-electron chi connectivity index (χ2n) is 6.47. The average Bonchev–Trinajstić information content (AvgIpc) is 2.66. The monoisotopic (exact) mass is 371 g/mol. The van der Waals surface area contributed by atoms with Gasteiger partial charge < -0.3 is 10.6 Å². The van der Waals surface area contributed by atoms with Crippen molar-refractivity contribution in [2.45, 2.75) is 38.6 Å². The fourth-order valence-corrected chi connectivity index (χ4v) is 2.84. The van der Waals surface area contributed by atoms with E-state index in [0.717, 1.165) is 23.4 Å². The maximum Gasteiger partial charge on any atom is 0.252 e. The van der Waals surface area contributed by atoms with Gasteiger partial charge in [0.15, 0.2) is 5.78 Å². The number of hydrogen-bond acceptors (Lipinski definition) is 5. The highest BCUT2D eigenvalue weighted by molar-refractivity contribution is 6.07. The Morgan fingerprint density at radius 2 is 1.93 bits per heavy atom. The Balaban J connectivity index is 1.93. The molecule has 1 atom stereocenters. The molecule has 7 nitrogen and oxygen atoms in total. The molecule has 0 aliphatic carbocycles. The van der Waals surface area contributed by atoms with E-state index in [1.807, 2.05) is 6.92 Å². The Labute approximate surface area is 158 Å². The van der Waals surface area contributed by atoms with Gasteiger partial charge in [-0.25, -0.2) is 0 Å². The van der Waals surface area contributed by atoms with E-state index < -0.39 is 17.9 Å². The predicted molar refractivity (Wildman–Crippen MR) is 101 cm³/mol. The topological polar surface area (TPSA) is 95.6 Å². The number of benzene rings is 1. The van der Waals surface area contributed by atoms with Crippen LogP contribution >= 0.6 is 0 Å². The summed E-state index contributed by atoms with van der Waals surface area (Å²) in [6.45, 7) is 5.52. The van der Waals surface area contributed by atoms with Gasteiger partial charge in [-0.2, -0.15) is 0 Å². The summed E-state index contributed by atoms with van der Waals surface area (Å²) in [6.07, 6.45) is 2.02. The van der Waals surface area contributed by atoms with Crippen molar-refractivity contribution < 1.29 is 19.2 Å². The molecule has 1 aromatic carbocycles. The van der Waals surface area contributed by atoms with Gasteiger partial charge in [-0.05, 0) is 12.8 Å². The van der Waals surface area contributed by atoms with Crippen LogP contribution in [0.3, 0.4) is 0 Å². The number of amides is 3. The lowest BCUT2D eigenvalue weighted by molar-refractivity contribution is -0.150. The van der Waals surface area contributed by atoms with Crippen LogP contribution in [0.5, 0.6) is 0 Å². The van der Waals surface area contributed by atoms with Gasteiger partial charge in [0, 0.05) is 17.7 Å². The number of allylic oxidation sites excluding steroid dienone is 1. The number of imide groups is 1. The van der Waals surface area contributed by atoms with E-state index >= 15 is 0 Å². The smallest absolute Gasteiger partial charge is 0.252 e. The van der Waals surface area contributed by atoms with Gasteiger partial charge in [0.05, 0.1) is 13.1 Å². The van der Waals surface area contributed by atoms with Crippen molar-refractivity contribution in [1.29, 1.82) is 0 Å². The van der Waals surface area contributed by atoms with E-state index in [1.54, 1.807) is 30.3 Å².